The molecule has 0 aliphatic carbocycles. The van der Waals surface area contributed by atoms with E-state index in [9.17, 15) is 4.79 Å². The van der Waals surface area contributed by atoms with E-state index < -0.39 is 0 Å². The third-order valence-electron chi connectivity index (χ3n) is 2.90. The van der Waals surface area contributed by atoms with Gasteiger partial charge in [-0.1, -0.05) is 26.7 Å². The molecule has 0 unspecified atom stereocenters. The zero-order chi connectivity index (χ0) is 12.4. The molecule has 1 amide bonds. The van der Waals surface area contributed by atoms with Gasteiger partial charge in [-0.25, -0.2) is 0 Å². The molecule has 0 atom stereocenters. The molecule has 3 nitrogen and oxygen atoms in total. The number of hydrogen-bond acceptors (Lipinski definition) is 2. The highest BCUT2D eigenvalue weighted by Crippen LogP contribution is 2.16. The number of aliphatic hydroxyl groups excluding tert-OH is 1. The molecule has 0 aliphatic rings. The summed E-state index contributed by atoms with van der Waals surface area (Å²) in [5.74, 6) is 0.466. The van der Waals surface area contributed by atoms with Crippen molar-refractivity contribution < 1.29 is 9.90 Å². The SMILES string of the molecule is CCCC(CCC)C(=O)N(CC)CCCO. The lowest BCUT2D eigenvalue weighted by Gasteiger charge is -2.25. The summed E-state index contributed by atoms with van der Waals surface area (Å²) in [6.45, 7) is 7.86. The largest absolute Gasteiger partial charge is 0.396 e. The minimum atomic E-state index is 0.163. The van der Waals surface area contributed by atoms with Crippen molar-refractivity contribution in [1.29, 1.82) is 0 Å². The number of hydrogen-bond donors (Lipinski definition) is 1. The Labute approximate surface area is 99.8 Å². The Hall–Kier alpha value is -0.570. The number of amides is 1. The van der Waals surface area contributed by atoms with Crippen molar-refractivity contribution in [3.8, 4) is 0 Å². The van der Waals surface area contributed by atoms with Gasteiger partial charge in [-0.2, -0.15) is 0 Å². The lowest BCUT2D eigenvalue weighted by atomic mass is 9.96. The Morgan fingerprint density at radius 1 is 1.19 bits per heavy atom. The van der Waals surface area contributed by atoms with Crippen LogP contribution in [0.1, 0.15) is 52.9 Å². The second-order valence-electron chi connectivity index (χ2n) is 4.27. The summed E-state index contributed by atoms with van der Waals surface area (Å²) in [4.78, 5) is 14.1. The summed E-state index contributed by atoms with van der Waals surface area (Å²) in [5, 5.41) is 8.80. The zero-order valence-electron chi connectivity index (χ0n) is 11.0. The normalized spacial score (nSPS) is 10.8. The van der Waals surface area contributed by atoms with E-state index in [2.05, 4.69) is 13.8 Å². The number of carbonyl (C=O) groups is 1. The van der Waals surface area contributed by atoms with Gasteiger partial charge in [0.15, 0.2) is 0 Å². The standard InChI is InChI=1S/C13H27NO2/c1-4-8-12(9-5-2)13(16)14(6-3)10-7-11-15/h12,15H,4-11H2,1-3H3. The third kappa shape index (κ3) is 5.50. The minimum absolute atomic E-state index is 0.163. The van der Waals surface area contributed by atoms with Crippen molar-refractivity contribution in [2.75, 3.05) is 19.7 Å². The fraction of sp³-hybridized carbons (Fsp3) is 0.923. The van der Waals surface area contributed by atoms with E-state index in [-0.39, 0.29) is 18.4 Å². The molecule has 0 radical (unpaired) electrons. The first kappa shape index (κ1) is 15.4. The van der Waals surface area contributed by atoms with Crippen molar-refractivity contribution in [2.45, 2.75) is 52.9 Å². The van der Waals surface area contributed by atoms with Gasteiger partial charge >= 0.3 is 0 Å². The zero-order valence-corrected chi connectivity index (χ0v) is 11.0. The molecule has 3 heteroatoms. The Kier molecular flexibility index (Phi) is 9.30. The molecule has 0 spiro atoms. The van der Waals surface area contributed by atoms with Crippen LogP contribution in [0.2, 0.25) is 0 Å². The first-order valence-corrected chi connectivity index (χ1v) is 6.60. The summed E-state index contributed by atoms with van der Waals surface area (Å²) >= 11 is 0. The van der Waals surface area contributed by atoms with Gasteiger partial charge in [-0.05, 0) is 26.2 Å². The summed E-state index contributed by atoms with van der Waals surface area (Å²) in [7, 11) is 0. The lowest BCUT2D eigenvalue weighted by molar-refractivity contribution is -0.136. The van der Waals surface area contributed by atoms with Crippen molar-refractivity contribution in [3.63, 3.8) is 0 Å². The van der Waals surface area contributed by atoms with Crippen LogP contribution in [0.25, 0.3) is 0 Å². The molecular formula is C13H27NO2. The summed E-state index contributed by atoms with van der Waals surface area (Å²) in [6, 6.07) is 0. The van der Waals surface area contributed by atoms with Crippen LogP contribution in [0.3, 0.4) is 0 Å². The molecule has 96 valence electrons. The van der Waals surface area contributed by atoms with E-state index >= 15 is 0 Å². The molecule has 0 fully saturated rings. The first-order chi connectivity index (χ1) is 7.71. The molecule has 0 saturated heterocycles. The van der Waals surface area contributed by atoms with Crippen LogP contribution >= 0.6 is 0 Å². The molecule has 0 bridgehead atoms. The second kappa shape index (κ2) is 9.64. The molecule has 0 saturated carbocycles. The van der Waals surface area contributed by atoms with Gasteiger partial charge in [-0.3, -0.25) is 4.79 Å². The van der Waals surface area contributed by atoms with E-state index in [0.29, 0.717) is 13.0 Å². The Bertz CT molecular complexity index is 177. The van der Waals surface area contributed by atoms with E-state index in [1.54, 1.807) is 0 Å². The Morgan fingerprint density at radius 3 is 2.12 bits per heavy atom. The molecule has 0 rings (SSSR count). The predicted molar refractivity (Wildman–Crippen MR) is 67.3 cm³/mol. The fourth-order valence-electron chi connectivity index (χ4n) is 2.03. The molecular weight excluding hydrogens is 202 g/mol. The lowest BCUT2D eigenvalue weighted by Crippen LogP contribution is -2.37. The van der Waals surface area contributed by atoms with Crippen LogP contribution in [-0.2, 0) is 4.79 Å². The first-order valence-electron chi connectivity index (χ1n) is 6.60. The molecule has 0 aliphatic heterocycles. The number of rotatable bonds is 9. The van der Waals surface area contributed by atoms with E-state index in [1.165, 1.54) is 0 Å². The summed E-state index contributed by atoms with van der Waals surface area (Å²) in [5.41, 5.74) is 0. The van der Waals surface area contributed by atoms with Gasteiger partial charge in [0.2, 0.25) is 5.91 Å². The third-order valence-corrected chi connectivity index (χ3v) is 2.90. The van der Waals surface area contributed by atoms with Gasteiger partial charge in [0.05, 0.1) is 0 Å². The average Bonchev–Trinajstić information content (AvgIpc) is 2.29. The molecule has 0 heterocycles. The second-order valence-corrected chi connectivity index (χ2v) is 4.27. The van der Waals surface area contributed by atoms with E-state index in [4.69, 9.17) is 5.11 Å². The quantitative estimate of drug-likeness (QED) is 0.659. The van der Waals surface area contributed by atoms with Gasteiger partial charge in [-0.15, -0.1) is 0 Å². The van der Waals surface area contributed by atoms with Gasteiger partial charge in [0.1, 0.15) is 0 Å². The fourth-order valence-corrected chi connectivity index (χ4v) is 2.03. The van der Waals surface area contributed by atoms with Crippen molar-refractivity contribution in [2.24, 2.45) is 5.92 Å². The summed E-state index contributed by atoms with van der Waals surface area (Å²) < 4.78 is 0. The maximum absolute atomic E-state index is 12.2. The maximum atomic E-state index is 12.2. The monoisotopic (exact) mass is 229 g/mol. The number of aliphatic hydroxyl groups is 1. The molecule has 0 aromatic rings. The van der Waals surface area contributed by atoms with Gasteiger partial charge in [0, 0.05) is 25.6 Å². The van der Waals surface area contributed by atoms with Crippen LogP contribution in [0.5, 0.6) is 0 Å². The molecule has 0 aromatic carbocycles. The van der Waals surface area contributed by atoms with Gasteiger partial charge < -0.3 is 10.0 Å². The highest BCUT2D eigenvalue weighted by molar-refractivity contribution is 5.78. The minimum Gasteiger partial charge on any atom is -0.396 e. The van der Waals surface area contributed by atoms with Gasteiger partial charge in [0.25, 0.3) is 0 Å². The van der Waals surface area contributed by atoms with Crippen LogP contribution in [-0.4, -0.2) is 35.6 Å². The van der Waals surface area contributed by atoms with Crippen LogP contribution in [0.4, 0.5) is 0 Å². The topological polar surface area (TPSA) is 40.5 Å². The van der Waals surface area contributed by atoms with E-state index in [1.807, 2.05) is 11.8 Å². The smallest absolute Gasteiger partial charge is 0.225 e. The highest BCUT2D eigenvalue weighted by atomic mass is 16.3. The van der Waals surface area contributed by atoms with Crippen molar-refractivity contribution in [3.05, 3.63) is 0 Å². The molecule has 0 aromatic heterocycles. The number of nitrogens with zero attached hydrogens (tertiary/aromatic N) is 1. The molecule has 16 heavy (non-hydrogen) atoms. The maximum Gasteiger partial charge on any atom is 0.225 e. The average molecular weight is 229 g/mol. The predicted octanol–water partition coefficient (Wildman–Crippen LogP) is 2.43. The van der Waals surface area contributed by atoms with Crippen LogP contribution in [0.15, 0.2) is 0 Å². The highest BCUT2D eigenvalue weighted by Gasteiger charge is 2.21. The van der Waals surface area contributed by atoms with Crippen LogP contribution in [0, 0.1) is 5.92 Å². The van der Waals surface area contributed by atoms with Crippen molar-refractivity contribution >= 4 is 5.91 Å². The van der Waals surface area contributed by atoms with Crippen molar-refractivity contribution in [1.82, 2.24) is 4.90 Å². The van der Waals surface area contributed by atoms with E-state index in [0.717, 1.165) is 32.2 Å². The Morgan fingerprint density at radius 2 is 1.75 bits per heavy atom. The van der Waals surface area contributed by atoms with Crippen LogP contribution < -0.4 is 0 Å². The Balaban J connectivity index is 4.29. The molecule has 1 N–H and O–H groups in total. The summed E-state index contributed by atoms with van der Waals surface area (Å²) in [6.07, 6.45) is 4.79. The number of carbonyl (C=O) groups excluding carboxylic acids is 1.